The van der Waals surface area contributed by atoms with Gasteiger partial charge in [0.25, 0.3) is 0 Å². The zero-order valence-electron chi connectivity index (χ0n) is 14.2. The lowest BCUT2D eigenvalue weighted by atomic mass is 9.64. The molecule has 0 saturated carbocycles. The number of nitrogens with one attached hydrogen (secondary N) is 1. The molecule has 2 aromatic rings. The second-order valence-electron chi connectivity index (χ2n) is 6.30. The number of hydrogen-bond donors (Lipinski definition) is 3. The summed E-state index contributed by atoms with van der Waals surface area (Å²) in [5.41, 5.74) is 7.19. The van der Waals surface area contributed by atoms with Crippen molar-refractivity contribution >= 4 is 35.9 Å². The number of Topliss-reactive ketones (excluding diaryl/α,β-unsaturated/α-hetero) is 2. The van der Waals surface area contributed by atoms with Crippen molar-refractivity contribution < 1.29 is 19.3 Å². The van der Waals surface area contributed by atoms with Gasteiger partial charge in [0, 0.05) is 24.0 Å². The average Bonchev–Trinajstić information content (AvgIpc) is 3.03. The second-order valence-corrected chi connectivity index (χ2v) is 7.16. The molecule has 1 aliphatic heterocycles. The molecule has 0 unspecified atom stereocenters. The van der Waals surface area contributed by atoms with E-state index >= 15 is 0 Å². The van der Waals surface area contributed by atoms with Gasteiger partial charge in [-0.15, -0.1) is 11.3 Å². The molecule has 0 fully saturated rings. The minimum absolute atomic E-state index is 0.0794. The SMILES string of the molecule is CC(=O)c1cccc2c1OB(O)[C@@H](CC(=O)Cc1csc(C(=N)N)n1)C2. The van der Waals surface area contributed by atoms with Gasteiger partial charge in [-0.25, -0.2) is 4.98 Å². The highest BCUT2D eigenvalue weighted by Gasteiger charge is 2.37. The van der Waals surface area contributed by atoms with E-state index in [2.05, 4.69) is 4.98 Å². The third-order valence-corrected chi connectivity index (χ3v) is 5.17. The molecule has 0 aliphatic carbocycles. The first kappa shape index (κ1) is 18.3. The number of benzene rings is 1. The van der Waals surface area contributed by atoms with Gasteiger partial charge >= 0.3 is 7.12 Å². The van der Waals surface area contributed by atoms with E-state index in [0.717, 1.165) is 5.56 Å². The number of fused-ring (bicyclic) bond motifs is 1. The Bertz CT molecular complexity index is 883. The molecule has 2 heterocycles. The maximum Gasteiger partial charge on any atom is 0.526 e. The molecule has 0 spiro atoms. The van der Waals surface area contributed by atoms with E-state index < -0.39 is 7.12 Å². The predicted molar refractivity (Wildman–Crippen MR) is 99.0 cm³/mol. The van der Waals surface area contributed by atoms with Crippen molar-refractivity contribution in [1.82, 2.24) is 4.98 Å². The fraction of sp³-hybridized carbons (Fsp3) is 0.294. The van der Waals surface area contributed by atoms with E-state index in [9.17, 15) is 14.6 Å². The molecule has 1 aliphatic rings. The van der Waals surface area contributed by atoms with Crippen LogP contribution < -0.4 is 10.4 Å². The Morgan fingerprint density at radius 3 is 2.92 bits per heavy atom. The summed E-state index contributed by atoms with van der Waals surface area (Å²) in [6, 6.07) is 5.27. The molecule has 0 radical (unpaired) electrons. The molecule has 9 heteroatoms. The van der Waals surface area contributed by atoms with Crippen LogP contribution in [0.1, 0.15) is 40.0 Å². The molecule has 0 saturated heterocycles. The third kappa shape index (κ3) is 3.84. The van der Waals surface area contributed by atoms with Crippen molar-refractivity contribution in [3.63, 3.8) is 0 Å². The first-order valence-electron chi connectivity index (χ1n) is 8.13. The van der Waals surface area contributed by atoms with Crippen molar-refractivity contribution in [2.75, 3.05) is 0 Å². The molecule has 7 nitrogen and oxygen atoms in total. The fourth-order valence-electron chi connectivity index (χ4n) is 3.01. The van der Waals surface area contributed by atoms with Crippen molar-refractivity contribution in [3.05, 3.63) is 45.4 Å². The van der Waals surface area contributed by atoms with Gasteiger partial charge in [0.15, 0.2) is 16.6 Å². The van der Waals surface area contributed by atoms with Gasteiger partial charge in [0.2, 0.25) is 0 Å². The van der Waals surface area contributed by atoms with Crippen LogP contribution in [0.3, 0.4) is 0 Å². The van der Waals surface area contributed by atoms with Crippen LogP contribution in [0.25, 0.3) is 0 Å². The minimum Gasteiger partial charge on any atom is -0.535 e. The summed E-state index contributed by atoms with van der Waals surface area (Å²) in [7, 11) is -1.14. The Kier molecular flexibility index (Phi) is 5.19. The van der Waals surface area contributed by atoms with Crippen molar-refractivity contribution in [2.45, 2.75) is 32.0 Å². The van der Waals surface area contributed by atoms with Gasteiger partial charge < -0.3 is 15.4 Å². The zero-order chi connectivity index (χ0) is 18.8. The summed E-state index contributed by atoms with van der Waals surface area (Å²) in [5, 5.41) is 19.7. The average molecular weight is 371 g/mol. The topological polar surface area (TPSA) is 126 Å². The standard InChI is InChI=1S/C17H18BN3O4S/c1-9(22)14-4-2-3-10-5-11(18(24)25-15(10)14)6-13(23)7-12-8-26-17(21-12)16(19)20/h2-4,8,11,24H,5-7H2,1H3,(H3,19,20)/t11-/m1/s1. The van der Waals surface area contributed by atoms with Crippen molar-refractivity contribution in [1.29, 1.82) is 5.41 Å². The van der Waals surface area contributed by atoms with Crippen LogP contribution in [0, 0.1) is 5.41 Å². The third-order valence-electron chi connectivity index (χ3n) is 4.25. The van der Waals surface area contributed by atoms with Crippen LogP contribution in [0.4, 0.5) is 0 Å². The van der Waals surface area contributed by atoms with Crippen LogP contribution in [0.5, 0.6) is 5.75 Å². The molecular weight excluding hydrogens is 353 g/mol. The van der Waals surface area contributed by atoms with Gasteiger partial charge in [-0.05, 0) is 25.0 Å². The number of hydrogen-bond acceptors (Lipinski definition) is 7. The van der Waals surface area contributed by atoms with Gasteiger partial charge in [-0.3, -0.25) is 15.0 Å². The number of para-hydroxylation sites is 1. The van der Waals surface area contributed by atoms with E-state index in [-0.39, 0.29) is 36.1 Å². The summed E-state index contributed by atoms with van der Waals surface area (Å²) >= 11 is 1.22. The number of nitrogens with zero attached hydrogens (tertiary/aromatic N) is 1. The van der Waals surface area contributed by atoms with Crippen molar-refractivity contribution in [3.8, 4) is 5.75 Å². The Hall–Kier alpha value is -2.52. The van der Waals surface area contributed by atoms with Gasteiger partial charge in [0.05, 0.1) is 11.3 Å². The lowest BCUT2D eigenvalue weighted by molar-refractivity contribution is -0.118. The van der Waals surface area contributed by atoms with Gasteiger partial charge in [-0.1, -0.05) is 12.1 Å². The Balaban J connectivity index is 1.68. The fourth-order valence-corrected chi connectivity index (χ4v) is 3.69. The Morgan fingerprint density at radius 1 is 1.50 bits per heavy atom. The monoisotopic (exact) mass is 371 g/mol. The van der Waals surface area contributed by atoms with E-state index in [1.54, 1.807) is 17.5 Å². The first-order valence-corrected chi connectivity index (χ1v) is 9.01. The number of aromatic nitrogens is 1. The van der Waals surface area contributed by atoms with Crippen molar-refractivity contribution in [2.24, 2.45) is 5.73 Å². The molecule has 134 valence electrons. The van der Waals surface area contributed by atoms with Crippen LogP contribution in [-0.2, 0) is 17.6 Å². The van der Waals surface area contributed by atoms with E-state index in [1.165, 1.54) is 18.3 Å². The normalized spacial score (nSPS) is 15.9. The number of amidine groups is 1. The summed E-state index contributed by atoms with van der Waals surface area (Å²) < 4.78 is 5.55. The number of carbonyl (C=O) groups excluding carboxylic acids is 2. The highest BCUT2D eigenvalue weighted by atomic mass is 32.1. The smallest absolute Gasteiger partial charge is 0.526 e. The van der Waals surface area contributed by atoms with Gasteiger partial charge in [0.1, 0.15) is 11.5 Å². The lowest BCUT2D eigenvalue weighted by Crippen LogP contribution is -2.36. The van der Waals surface area contributed by atoms with E-state index in [0.29, 0.717) is 28.4 Å². The van der Waals surface area contributed by atoms with Crippen LogP contribution in [-0.4, -0.2) is 34.5 Å². The second kappa shape index (κ2) is 7.39. The molecule has 1 aromatic carbocycles. The highest BCUT2D eigenvalue weighted by molar-refractivity contribution is 7.11. The van der Waals surface area contributed by atoms with E-state index in [4.69, 9.17) is 15.8 Å². The molecule has 26 heavy (non-hydrogen) atoms. The maximum atomic E-state index is 12.4. The lowest BCUT2D eigenvalue weighted by Gasteiger charge is -2.28. The molecule has 0 amide bonds. The van der Waals surface area contributed by atoms with Crippen LogP contribution in [0.2, 0.25) is 5.82 Å². The van der Waals surface area contributed by atoms with E-state index in [1.807, 2.05) is 6.07 Å². The number of thiazole rings is 1. The number of rotatable bonds is 6. The van der Waals surface area contributed by atoms with Gasteiger partial charge in [-0.2, -0.15) is 0 Å². The molecular formula is C17H18BN3O4S. The molecule has 1 aromatic heterocycles. The predicted octanol–water partition coefficient (Wildman–Crippen LogP) is 1.62. The largest absolute Gasteiger partial charge is 0.535 e. The molecule has 4 N–H and O–H groups in total. The number of nitrogen functional groups attached to an aromatic ring is 1. The maximum absolute atomic E-state index is 12.4. The highest BCUT2D eigenvalue weighted by Crippen LogP contribution is 2.36. The number of carbonyl (C=O) groups is 2. The Labute approximate surface area is 154 Å². The molecule has 0 bridgehead atoms. The number of ketones is 2. The molecule has 1 atom stereocenters. The summed E-state index contributed by atoms with van der Waals surface area (Å²) in [6.45, 7) is 1.45. The summed E-state index contributed by atoms with van der Waals surface area (Å²) in [5.74, 6) is -0.315. The van der Waals surface area contributed by atoms with Crippen LogP contribution >= 0.6 is 11.3 Å². The molecule has 3 rings (SSSR count). The quantitative estimate of drug-likeness (QED) is 0.307. The number of nitrogens with two attached hydrogens (primary N) is 1. The summed E-state index contributed by atoms with van der Waals surface area (Å²) in [6.07, 6.45) is 0.713. The first-order chi connectivity index (χ1) is 12.3. The van der Waals surface area contributed by atoms with Crippen LogP contribution in [0.15, 0.2) is 23.6 Å². The Morgan fingerprint density at radius 2 is 2.27 bits per heavy atom. The summed E-state index contributed by atoms with van der Waals surface area (Å²) in [4.78, 5) is 28.2. The minimum atomic E-state index is -1.14. The zero-order valence-corrected chi connectivity index (χ0v) is 15.0.